The van der Waals surface area contributed by atoms with Gasteiger partial charge in [-0.05, 0) is 22.6 Å². The van der Waals surface area contributed by atoms with Gasteiger partial charge in [0.05, 0.1) is 1.93 Å². The van der Waals surface area contributed by atoms with Crippen molar-refractivity contribution in [2.24, 2.45) is 0 Å². The Labute approximate surface area is 78.6 Å². The largest absolute Gasteiger partial charge is 0.0925 e. The van der Waals surface area contributed by atoms with Crippen molar-refractivity contribution in [3.05, 3.63) is 10.2 Å². The van der Waals surface area contributed by atoms with Gasteiger partial charge in [-0.1, -0.05) is 51.8 Å². The van der Waals surface area contributed by atoms with Crippen molar-refractivity contribution in [1.82, 2.24) is 0 Å². The molecule has 0 aliphatic carbocycles. The minimum Gasteiger partial charge on any atom is -0.0878 e. The predicted molar refractivity (Wildman–Crippen MR) is 55.0 cm³/mol. The molecule has 0 aromatic carbocycles. The minimum absolute atomic E-state index is 0.584. The van der Waals surface area contributed by atoms with E-state index in [9.17, 15) is 0 Å². The van der Waals surface area contributed by atoms with Crippen LogP contribution in [-0.2, 0) is 0 Å². The fraction of sp³-hybridized carbons (Fsp3) is 0.333. The van der Waals surface area contributed by atoms with Gasteiger partial charge in [0.2, 0.25) is 0 Å². The minimum atomic E-state index is 0.584. The van der Waals surface area contributed by atoms with Crippen LogP contribution in [0.4, 0.5) is 0 Å². The van der Waals surface area contributed by atoms with Crippen LogP contribution >= 0.6 is 67.8 Å². The van der Waals surface area contributed by atoms with Crippen LogP contribution in [0.1, 0.15) is 0 Å². The Morgan fingerprint density at radius 3 is 1.67 bits per heavy atom. The van der Waals surface area contributed by atoms with Gasteiger partial charge >= 0.3 is 0 Å². The number of hydrogen-bond donors (Lipinski definition) is 0. The average molecular weight is 420 g/mol. The Morgan fingerprint density at radius 1 is 1.50 bits per heavy atom. The highest BCUT2D eigenvalue weighted by Gasteiger charge is 1.94. The third-order valence-corrected chi connectivity index (χ3v) is 4.75. The van der Waals surface area contributed by atoms with E-state index in [0.717, 1.165) is 0 Å². The van der Waals surface area contributed by atoms with Gasteiger partial charge in [0.25, 0.3) is 0 Å². The van der Waals surface area contributed by atoms with E-state index in [-0.39, 0.29) is 0 Å². The zero-order valence-corrected chi connectivity index (χ0v) is 9.39. The van der Waals surface area contributed by atoms with Crippen LogP contribution in [0.25, 0.3) is 0 Å². The van der Waals surface area contributed by atoms with Gasteiger partial charge in [0, 0.05) is 3.58 Å². The summed E-state index contributed by atoms with van der Waals surface area (Å²) in [6, 6.07) is 0. The quantitative estimate of drug-likeness (QED) is 0.452. The summed E-state index contributed by atoms with van der Waals surface area (Å²) < 4.78 is 1.79. The van der Waals surface area contributed by atoms with Crippen LogP contribution in [0.2, 0.25) is 0 Å². The molecule has 0 bridgehead atoms. The van der Waals surface area contributed by atoms with Crippen molar-refractivity contribution in [3.63, 3.8) is 0 Å². The van der Waals surface area contributed by atoms with Crippen molar-refractivity contribution in [2.75, 3.05) is 0 Å². The third-order valence-electron chi connectivity index (χ3n) is 0.237. The van der Waals surface area contributed by atoms with Crippen molar-refractivity contribution in [2.45, 2.75) is 1.93 Å². The summed E-state index contributed by atoms with van der Waals surface area (Å²) in [5, 5.41) is 0. The fourth-order valence-corrected chi connectivity index (χ4v) is 0. The van der Waals surface area contributed by atoms with Gasteiger partial charge in [-0.2, -0.15) is 0 Å². The summed E-state index contributed by atoms with van der Waals surface area (Å²) >= 11 is 6.85. The van der Waals surface area contributed by atoms with E-state index >= 15 is 0 Å². The van der Waals surface area contributed by atoms with Crippen LogP contribution in [0.3, 0.4) is 0 Å². The summed E-state index contributed by atoms with van der Waals surface area (Å²) in [6.07, 6.45) is 0. The first kappa shape index (κ1) is 7.93. The van der Waals surface area contributed by atoms with E-state index < -0.39 is 0 Å². The molecule has 0 aromatic rings. The summed E-state index contributed by atoms with van der Waals surface area (Å²) in [4.78, 5) is 0. The molecule has 0 rings (SSSR count). The van der Waals surface area contributed by atoms with Gasteiger partial charge in [-0.3, -0.25) is 0 Å². The van der Waals surface area contributed by atoms with Crippen LogP contribution in [-0.4, -0.2) is 1.93 Å². The molecule has 0 atom stereocenters. The van der Waals surface area contributed by atoms with Crippen molar-refractivity contribution >= 4 is 67.8 Å². The molecule has 0 N–H and O–H groups in total. The maximum absolute atomic E-state index is 3.73. The second-order valence-corrected chi connectivity index (χ2v) is 7.01. The lowest BCUT2D eigenvalue weighted by molar-refractivity contribution is 1.81. The maximum atomic E-state index is 3.73. The molecule has 6 heavy (non-hydrogen) atoms. The smallest absolute Gasteiger partial charge is 0.0878 e. The molecule has 0 nitrogen and oxygen atoms in total. The van der Waals surface area contributed by atoms with E-state index in [4.69, 9.17) is 0 Å². The highest BCUT2D eigenvalue weighted by molar-refractivity contribution is 14.2. The summed E-state index contributed by atoms with van der Waals surface area (Å²) in [5.41, 5.74) is 0. The fourth-order valence-electron chi connectivity index (χ4n) is 0. The summed E-state index contributed by atoms with van der Waals surface area (Å²) in [6.45, 7) is 3.73. The Bertz CT molecular complexity index is 57.1. The normalized spacial score (nSPS) is 9.33. The standard InChI is InChI=1S/C3H3I3/c1-2(4)3(5)6/h3H,1H2. The second-order valence-electron chi connectivity index (χ2n) is 0.748. The molecule has 0 saturated carbocycles. The molecule has 0 fully saturated rings. The second kappa shape index (κ2) is 3.88. The molecule has 0 spiro atoms. The number of rotatable bonds is 1. The molecule has 0 aliphatic heterocycles. The van der Waals surface area contributed by atoms with E-state index in [1.807, 2.05) is 0 Å². The first-order valence-corrected chi connectivity index (χ1v) is 4.84. The lowest BCUT2D eigenvalue weighted by Crippen LogP contribution is -1.75. The maximum Gasteiger partial charge on any atom is 0.0925 e. The van der Waals surface area contributed by atoms with E-state index in [1.165, 1.54) is 3.58 Å². The Kier molecular flexibility index (Phi) is 5.12. The highest BCUT2D eigenvalue weighted by Crippen LogP contribution is 2.22. The van der Waals surface area contributed by atoms with Gasteiger partial charge in [0.15, 0.2) is 0 Å². The molecule has 0 radical (unpaired) electrons. The molecular weight excluding hydrogens is 417 g/mol. The first-order valence-electron chi connectivity index (χ1n) is 1.27. The van der Waals surface area contributed by atoms with Gasteiger partial charge in [-0.25, -0.2) is 0 Å². The monoisotopic (exact) mass is 420 g/mol. The highest BCUT2D eigenvalue weighted by atomic mass is 127. The molecule has 0 amide bonds. The van der Waals surface area contributed by atoms with Gasteiger partial charge in [0.1, 0.15) is 0 Å². The Hall–Kier alpha value is 1.93. The molecule has 0 heterocycles. The van der Waals surface area contributed by atoms with E-state index in [0.29, 0.717) is 1.93 Å². The van der Waals surface area contributed by atoms with Gasteiger partial charge < -0.3 is 0 Å². The van der Waals surface area contributed by atoms with Crippen molar-refractivity contribution < 1.29 is 0 Å². The molecular formula is C3H3I3. The predicted octanol–water partition coefficient (Wildman–Crippen LogP) is 3.13. The summed E-state index contributed by atoms with van der Waals surface area (Å²) in [5.74, 6) is 0. The number of allylic oxidation sites excluding steroid dienone is 1. The van der Waals surface area contributed by atoms with Crippen LogP contribution in [0.15, 0.2) is 10.2 Å². The number of halogens is 3. The first-order chi connectivity index (χ1) is 2.64. The van der Waals surface area contributed by atoms with Crippen LogP contribution in [0, 0.1) is 0 Å². The third kappa shape index (κ3) is 4.10. The van der Waals surface area contributed by atoms with E-state index in [2.05, 4.69) is 74.4 Å². The lowest BCUT2D eigenvalue weighted by Gasteiger charge is -1.90. The number of alkyl halides is 2. The molecule has 0 saturated heterocycles. The topological polar surface area (TPSA) is 0 Å². The van der Waals surface area contributed by atoms with E-state index in [1.54, 1.807) is 0 Å². The van der Waals surface area contributed by atoms with Crippen molar-refractivity contribution in [3.8, 4) is 0 Å². The number of hydrogen-bond acceptors (Lipinski definition) is 0. The lowest BCUT2D eigenvalue weighted by atomic mass is 10.8. The van der Waals surface area contributed by atoms with Crippen LogP contribution < -0.4 is 0 Å². The summed E-state index contributed by atoms with van der Waals surface area (Å²) in [7, 11) is 0. The van der Waals surface area contributed by atoms with Crippen LogP contribution in [0.5, 0.6) is 0 Å². The zero-order valence-electron chi connectivity index (χ0n) is 2.92. The van der Waals surface area contributed by atoms with Crippen molar-refractivity contribution in [1.29, 1.82) is 0 Å². The Morgan fingerprint density at radius 2 is 1.67 bits per heavy atom. The molecule has 3 heteroatoms. The average Bonchev–Trinajstić information content (AvgIpc) is 1.36. The molecule has 0 aliphatic rings. The Balaban J connectivity index is 3.26. The molecule has 0 unspecified atom stereocenters. The SMILES string of the molecule is C=C(I)C(I)I. The molecule has 36 valence electrons. The molecule has 0 aromatic heterocycles. The zero-order chi connectivity index (χ0) is 5.15. The van der Waals surface area contributed by atoms with Gasteiger partial charge in [-0.15, -0.1) is 0 Å².